The first-order chi connectivity index (χ1) is 4.70. The lowest BCUT2D eigenvalue weighted by molar-refractivity contribution is -0.142. The van der Waals surface area contributed by atoms with Crippen LogP contribution in [0.1, 0.15) is 13.3 Å². The first kappa shape index (κ1) is 9.69. The molecule has 0 unspecified atom stereocenters. The Balaban J connectivity index is 3.47. The van der Waals surface area contributed by atoms with Crippen molar-refractivity contribution in [1.82, 2.24) is 0 Å². The van der Waals surface area contributed by atoms with Crippen LogP contribution in [0.3, 0.4) is 0 Å². The van der Waals surface area contributed by atoms with Crippen LogP contribution in [0.25, 0.3) is 0 Å². The van der Waals surface area contributed by atoms with E-state index in [0.29, 0.717) is 18.4 Å². The molecule has 0 aromatic heterocycles. The molecule has 0 saturated heterocycles. The number of rotatable bonds is 4. The molecule has 0 aliphatic heterocycles. The molecule has 0 amide bonds. The van der Waals surface area contributed by atoms with E-state index in [1.54, 1.807) is 6.92 Å². The van der Waals surface area contributed by atoms with Gasteiger partial charge in [0, 0.05) is 5.33 Å². The highest BCUT2D eigenvalue weighted by atomic mass is 79.9. The molecule has 0 radical (unpaired) electrons. The summed E-state index contributed by atoms with van der Waals surface area (Å²) in [5.41, 5.74) is 0.846. The summed E-state index contributed by atoms with van der Waals surface area (Å²) in [6, 6.07) is 0. The van der Waals surface area contributed by atoms with Gasteiger partial charge in [-0.15, -0.1) is 0 Å². The predicted octanol–water partition coefficient (Wildman–Crippen LogP) is 1.89. The molecule has 0 saturated carbocycles. The number of hydrogen-bond acceptors (Lipinski definition) is 2. The maximum absolute atomic E-state index is 10.7. The van der Waals surface area contributed by atoms with Gasteiger partial charge >= 0.3 is 5.97 Å². The molecule has 0 aromatic carbocycles. The van der Waals surface area contributed by atoms with Crippen molar-refractivity contribution in [1.29, 1.82) is 0 Å². The van der Waals surface area contributed by atoms with Gasteiger partial charge < -0.3 is 4.74 Å². The monoisotopic (exact) mass is 206 g/mol. The molecule has 10 heavy (non-hydrogen) atoms. The Kier molecular flexibility index (Phi) is 5.30. The van der Waals surface area contributed by atoms with Crippen LogP contribution in [0.4, 0.5) is 0 Å². The fourth-order valence-corrected chi connectivity index (χ4v) is 0.662. The lowest BCUT2D eigenvalue weighted by Gasteiger charge is -2.00. The normalized spacial score (nSPS) is 9.00. The van der Waals surface area contributed by atoms with Gasteiger partial charge in [-0.1, -0.05) is 28.1 Å². The molecule has 2 nitrogen and oxygen atoms in total. The van der Waals surface area contributed by atoms with E-state index in [9.17, 15) is 4.79 Å². The fraction of sp³-hybridized carbons (Fsp3) is 0.571. The smallest absolute Gasteiger partial charge is 0.309 e. The lowest BCUT2D eigenvalue weighted by atomic mass is 10.2. The van der Waals surface area contributed by atoms with Crippen LogP contribution in [-0.4, -0.2) is 17.9 Å². The van der Waals surface area contributed by atoms with Crippen molar-refractivity contribution in [2.75, 3.05) is 11.9 Å². The van der Waals surface area contributed by atoms with Crippen LogP contribution < -0.4 is 0 Å². The zero-order valence-corrected chi connectivity index (χ0v) is 7.61. The predicted molar refractivity (Wildman–Crippen MR) is 44.2 cm³/mol. The molecule has 0 aliphatic rings. The average molecular weight is 207 g/mol. The van der Waals surface area contributed by atoms with Crippen LogP contribution in [0.5, 0.6) is 0 Å². The summed E-state index contributed by atoms with van der Waals surface area (Å²) in [6.45, 7) is 5.87. The van der Waals surface area contributed by atoms with Gasteiger partial charge in [0.25, 0.3) is 0 Å². The van der Waals surface area contributed by atoms with Crippen molar-refractivity contribution in [3.63, 3.8) is 0 Å². The number of carbonyl (C=O) groups excluding carboxylic acids is 1. The second kappa shape index (κ2) is 5.47. The van der Waals surface area contributed by atoms with Gasteiger partial charge in [-0.2, -0.15) is 0 Å². The molecule has 0 atom stereocenters. The third kappa shape index (κ3) is 4.56. The Labute approximate surface area is 69.4 Å². The number of esters is 1. The van der Waals surface area contributed by atoms with Gasteiger partial charge in [-0.05, 0) is 6.92 Å². The Morgan fingerprint density at radius 2 is 2.30 bits per heavy atom. The number of alkyl halides is 1. The Morgan fingerprint density at radius 1 is 1.70 bits per heavy atom. The molecular weight excluding hydrogens is 196 g/mol. The quantitative estimate of drug-likeness (QED) is 0.399. The zero-order valence-electron chi connectivity index (χ0n) is 6.02. The van der Waals surface area contributed by atoms with Gasteiger partial charge in [-0.25, -0.2) is 0 Å². The maximum Gasteiger partial charge on any atom is 0.309 e. The Bertz CT molecular complexity index is 132. The van der Waals surface area contributed by atoms with Crippen molar-refractivity contribution >= 4 is 21.9 Å². The van der Waals surface area contributed by atoms with Crippen molar-refractivity contribution in [3.05, 3.63) is 12.2 Å². The van der Waals surface area contributed by atoms with E-state index in [4.69, 9.17) is 4.74 Å². The topological polar surface area (TPSA) is 26.3 Å². The summed E-state index contributed by atoms with van der Waals surface area (Å²) < 4.78 is 4.69. The van der Waals surface area contributed by atoms with Crippen LogP contribution in [0.15, 0.2) is 12.2 Å². The second-order valence-electron chi connectivity index (χ2n) is 1.87. The van der Waals surface area contributed by atoms with Gasteiger partial charge in [0.15, 0.2) is 0 Å². The van der Waals surface area contributed by atoms with Gasteiger partial charge in [0.1, 0.15) is 0 Å². The number of carbonyl (C=O) groups is 1. The molecule has 0 rings (SSSR count). The summed E-state index contributed by atoms with van der Waals surface area (Å²) in [4.78, 5) is 10.7. The van der Waals surface area contributed by atoms with Crippen LogP contribution in [0, 0.1) is 0 Å². The zero-order chi connectivity index (χ0) is 7.98. The summed E-state index contributed by atoms with van der Waals surface area (Å²) >= 11 is 3.19. The third-order valence-corrected chi connectivity index (χ3v) is 1.68. The highest BCUT2D eigenvalue weighted by Gasteiger charge is 2.02. The highest BCUT2D eigenvalue weighted by molar-refractivity contribution is 9.09. The van der Waals surface area contributed by atoms with Crippen molar-refractivity contribution < 1.29 is 9.53 Å². The van der Waals surface area contributed by atoms with Crippen molar-refractivity contribution in [2.24, 2.45) is 0 Å². The minimum atomic E-state index is -0.202. The summed E-state index contributed by atoms with van der Waals surface area (Å²) in [5.74, 6) is -0.202. The Hall–Kier alpha value is -0.310. The SMILES string of the molecule is C=C(CBr)CC(=O)OCC. The molecular formula is C7H11BrO2. The molecule has 0 aliphatic carbocycles. The van der Waals surface area contributed by atoms with E-state index in [-0.39, 0.29) is 5.97 Å². The van der Waals surface area contributed by atoms with Gasteiger partial charge in [0.05, 0.1) is 13.0 Å². The van der Waals surface area contributed by atoms with Crippen LogP contribution in [-0.2, 0) is 9.53 Å². The standard InChI is InChI=1S/C7H11BrO2/c1-3-10-7(9)4-6(2)5-8/h2-5H2,1H3. The van der Waals surface area contributed by atoms with Crippen LogP contribution >= 0.6 is 15.9 Å². The minimum Gasteiger partial charge on any atom is -0.466 e. The summed E-state index contributed by atoms with van der Waals surface area (Å²) in [7, 11) is 0. The van der Waals surface area contributed by atoms with E-state index in [2.05, 4.69) is 22.5 Å². The first-order valence-electron chi connectivity index (χ1n) is 3.09. The fourth-order valence-electron chi connectivity index (χ4n) is 0.463. The maximum atomic E-state index is 10.7. The molecule has 0 heterocycles. The van der Waals surface area contributed by atoms with E-state index < -0.39 is 0 Å². The minimum absolute atomic E-state index is 0.202. The lowest BCUT2D eigenvalue weighted by Crippen LogP contribution is -2.04. The summed E-state index contributed by atoms with van der Waals surface area (Å²) in [6.07, 6.45) is 0.319. The molecule has 0 N–H and O–H groups in total. The molecule has 58 valence electrons. The van der Waals surface area contributed by atoms with E-state index >= 15 is 0 Å². The van der Waals surface area contributed by atoms with Gasteiger partial charge in [0.2, 0.25) is 0 Å². The van der Waals surface area contributed by atoms with E-state index in [1.165, 1.54) is 0 Å². The number of ether oxygens (including phenoxy) is 1. The molecule has 0 fully saturated rings. The van der Waals surface area contributed by atoms with Crippen molar-refractivity contribution in [3.8, 4) is 0 Å². The van der Waals surface area contributed by atoms with E-state index in [0.717, 1.165) is 5.57 Å². The second-order valence-corrected chi connectivity index (χ2v) is 2.43. The Morgan fingerprint density at radius 3 is 2.70 bits per heavy atom. The highest BCUT2D eigenvalue weighted by Crippen LogP contribution is 2.02. The number of halogens is 1. The first-order valence-corrected chi connectivity index (χ1v) is 4.21. The number of hydrogen-bond donors (Lipinski definition) is 0. The van der Waals surface area contributed by atoms with Crippen molar-refractivity contribution in [2.45, 2.75) is 13.3 Å². The van der Waals surface area contributed by atoms with Crippen LogP contribution in [0.2, 0.25) is 0 Å². The average Bonchev–Trinajstić information content (AvgIpc) is 1.88. The summed E-state index contributed by atoms with van der Waals surface area (Å²) in [5, 5.41) is 0.659. The molecule has 3 heteroatoms. The third-order valence-electron chi connectivity index (χ3n) is 0.889. The molecule has 0 spiro atoms. The van der Waals surface area contributed by atoms with Gasteiger partial charge in [-0.3, -0.25) is 4.79 Å². The molecule has 0 aromatic rings. The molecule has 0 bridgehead atoms. The largest absolute Gasteiger partial charge is 0.466 e. The van der Waals surface area contributed by atoms with E-state index in [1.807, 2.05) is 0 Å².